The Bertz CT molecular complexity index is 164. The summed E-state index contributed by atoms with van der Waals surface area (Å²) in [4.78, 5) is 14.6. The fourth-order valence-electron chi connectivity index (χ4n) is 1.31. The summed E-state index contributed by atoms with van der Waals surface area (Å²) in [5.41, 5.74) is 0. The van der Waals surface area contributed by atoms with Crippen molar-refractivity contribution in [3.63, 3.8) is 0 Å². The molecule has 4 heteroatoms. The van der Waals surface area contributed by atoms with E-state index in [9.17, 15) is 4.79 Å². The van der Waals surface area contributed by atoms with Crippen molar-refractivity contribution in [3.05, 3.63) is 0 Å². The molecule has 1 rings (SSSR count). The molecule has 0 saturated carbocycles. The van der Waals surface area contributed by atoms with E-state index in [0.717, 1.165) is 13.1 Å². The lowest BCUT2D eigenvalue weighted by Gasteiger charge is -2.42. The van der Waals surface area contributed by atoms with Gasteiger partial charge in [0.25, 0.3) is 0 Å². The smallest absolute Gasteiger partial charge is 0.304 e. The first-order valence-electron chi connectivity index (χ1n) is 4.20. The molecule has 0 amide bonds. The van der Waals surface area contributed by atoms with E-state index in [-0.39, 0.29) is 6.42 Å². The lowest BCUT2D eigenvalue weighted by atomic mass is 10.1. The van der Waals surface area contributed by atoms with Crippen LogP contribution in [0.4, 0.5) is 0 Å². The Balaban J connectivity index is 2.06. The quantitative estimate of drug-likeness (QED) is 0.632. The monoisotopic (exact) mass is 172 g/mol. The zero-order valence-corrected chi connectivity index (χ0v) is 7.66. The molecule has 0 unspecified atom stereocenters. The molecular weight excluding hydrogens is 156 g/mol. The number of nitrogens with zero attached hydrogens (tertiary/aromatic N) is 2. The number of aliphatic carboxylic acids is 1. The lowest BCUT2D eigenvalue weighted by Crippen LogP contribution is -2.57. The first-order valence-corrected chi connectivity index (χ1v) is 4.20. The van der Waals surface area contributed by atoms with Gasteiger partial charge in [-0.3, -0.25) is 9.69 Å². The number of hydrogen-bond acceptors (Lipinski definition) is 3. The predicted molar refractivity (Wildman–Crippen MR) is 46.2 cm³/mol. The summed E-state index contributed by atoms with van der Waals surface area (Å²) in [6, 6.07) is 0.624. The zero-order valence-electron chi connectivity index (χ0n) is 7.66. The van der Waals surface area contributed by atoms with Gasteiger partial charge in [-0.25, -0.2) is 0 Å². The molecule has 0 aromatic rings. The van der Waals surface area contributed by atoms with Crippen molar-refractivity contribution in [2.45, 2.75) is 12.5 Å². The minimum absolute atomic E-state index is 0.264. The second kappa shape index (κ2) is 3.87. The highest BCUT2D eigenvalue weighted by Crippen LogP contribution is 2.11. The Kier molecular flexibility index (Phi) is 3.05. The van der Waals surface area contributed by atoms with Crippen molar-refractivity contribution >= 4 is 5.97 Å². The molecule has 1 fully saturated rings. The summed E-state index contributed by atoms with van der Waals surface area (Å²) in [5, 5.41) is 8.42. The van der Waals surface area contributed by atoms with Crippen LogP contribution < -0.4 is 0 Å². The van der Waals surface area contributed by atoms with Crippen LogP contribution in [-0.2, 0) is 4.79 Å². The van der Waals surface area contributed by atoms with E-state index in [0.29, 0.717) is 12.6 Å². The van der Waals surface area contributed by atoms with Crippen LogP contribution in [0, 0.1) is 0 Å². The number of likely N-dealkylation sites (tertiary alicyclic amines) is 1. The van der Waals surface area contributed by atoms with Crippen molar-refractivity contribution in [1.29, 1.82) is 0 Å². The second-order valence-corrected chi connectivity index (χ2v) is 3.52. The highest BCUT2D eigenvalue weighted by Gasteiger charge is 2.27. The van der Waals surface area contributed by atoms with E-state index in [4.69, 9.17) is 5.11 Å². The first kappa shape index (κ1) is 9.48. The summed E-state index contributed by atoms with van der Waals surface area (Å²) in [6.45, 7) is 2.72. The van der Waals surface area contributed by atoms with E-state index in [2.05, 4.69) is 23.9 Å². The average Bonchev–Trinajstić information content (AvgIpc) is 1.82. The Morgan fingerprint density at radius 2 is 2.17 bits per heavy atom. The summed E-state index contributed by atoms with van der Waals surface area (Å²) >= 11 is 0. The van der Waals surface area contributed by atoms with Gasteiger partial charge in [-0.1, -0.05) is 0 Å². The van der Waals surface area contributed by atoms with E-state index in [1.54, 1.807) is 0 Å². The fraction of sp³-hybridized carbons (Fsp3) is 0.875. The highest BCUT2D eigenvalue weighted by atomic mass is 16.4. The number of likely N-dealkylation sites (N-methyl/N-ethyl adjacent to an activating group) is 1. The van der Waals surface area contributed by atoms with E-state index < -0.39 is 5.97 Å². The maximum Gasteiger partial charge on any atom is 0.304 e. The number of hydrogen-bond donors (Lipinski definition) is 1. The number of rotatable bonds is 4. The van der Waals surface area contributed by atoms with E-state index in [1.807, 2.05) is 0 Å². The SMILES string of the molecule is CN(C)C1CN(CCC(=O)O)C1. The van der Waals surface area contributed by atoms with Crippen LogP contribution in [-0.4, -0.2) is 60.6 Å². The standard InChI is InChI=1S/C8H16N2O2/c1-9(2)7-5-10(6-7)4-3-8(11)12/h7H,3-6H2,1-2H3,(H,11,12). The molecule has 0 aromatic heterocycles. The lowest BCUT2D eigenvalue weighted by molar-refractivity contribution is -0.137. The van der Waals surface area contributed by atoms with Gasteiger partial charge in [-0.05, 0) is 14.1 Å². The normalized spacial score (nSPS) is 19.6. The molecule has 0 aliphatic carbocycles. The molecule has 0 atom stereocenters. The minimum Gasteiger partial charge on any atom is -0.481 e. The zero-order chi connectivity index (χ0) is 9.14. The maximum atomic E-state index is 10.2. The minimum atomic E-state index is -0.705. The van der Waals surface area contributed by atoms with E-state index in [1.165, 1.54) is 0 Å². The van der Waals surface area contributed by atoms with Crippen LogP contribution in [0.15, 0.2) is 0 Å². The number of carboxylic acid groups (broad SMARTS) is 1. The van der Waals surface area contributed by atoms with E-state index >= 15 is 0 Å². The molecule has 1 aliphatic rings. The van der Waals surface area contributed by atoms with Crippen LogP contribution >= 0.6 is 0 Å². The van der Waals surface area contributed by atoms with Crippen molar-refractivity contribution in [2.24, 2.45) is 0 Å². The molecule has 0 aromatic carbocycles. The molecular formula is C8H16N2O2. The van der Waals surface area contributed by atoms with Crippen molar-refractivity contribution in [3.8, 4) is 0 Å². The fourth-order valence-corrected chi connectivity index (χ4v) is 1.31. The molecule has 70 valence electrons. The molecule has 0 spiro atoms. The van der Waals surface area contributed by atoms with Crippen molar-refractivity contribution in [1.82, 2.24) is 9.80 Å². The molecule has 1 heterocycles. The van der Waals surface area contributed by atoms with Crippen LogP contribution in [0.2, 0.25) is 0 Å². The Morgan fingerprint density at radius 1 is 1.58 bits per heavy atom. The molecule has 1 aliphatic heterocycles. The van der Waals surface area contributed by atoms with Gasteiger partial charge in [-0.2, -0.15) is 0 Å². The van der Waals surface area contributed by atoms with Crippen molar-refractivity contribution < 1.29 is 9.90 Å². The van der Waals surface area contributed by atoms with Crippen LogP contribution in [0.3, 0.4) is 0 Å². The number of carbonyl (C=O) groups is 1. The molecule has 0 bridgehead atoms. The summed E-state index contributed by atoms with van der Waals surface area (Å²) in [7, 11) is 4.11. The summed E-state index contributed by atoms with van der Waals surface area (Å²) in [5.74, 6) is -0.705. The second-order valence-electron chi connectivity index (χ2n) is 3.52. The first-order chi connectivity index (χ1) is 5.59. The van der Waals surface area contributed by atoms with Crippen LogP contribution in [0.25, 0.3) is 0 Å². The van der Waals surface area contributed by atoms with Gasteiger partial charge >= 0.3 is 5.97 Å². The molecule has 1 saturated heterocycles. The van der Waals surface area contributed by atoms with Gasteiger partial charge in [0.15, 0.2) is 0 Å². The summed E-state index contributed by atoms with van der Waals surface area (Å²) < 4.78 is 0. The third kappa shape index (κ3) is 2.46. The Hall–Kier alpha value is -0.610. The van der Waals surface area contributed by atoms with Gasteiger partial charge in [0.1, 0.15) is 0 Å². The van der Waals surface area contributed by atoms with Gasteiger partial charge in [0.2, 0.25) is 0 Å². The molecule has 12 heavy (non-hydrogen) atoms. The predicted octanol–water partition coefficient (Wildman–Crippen LogP) is -0.293. The van der Waals surface area contributed by atoms with Crippen LogP contribution in [0.5, 0.6) is 0 Å². The van der Waals surface area contributed by atoms with Gasteiger partial charge in [0, 0.05) is 25.7 Å². The Morgan fingerprint density at radius 3 is 2.58 bits per heavy atom. The van der Waals surface area contributed by atoms with Gasteiger partial charge in [-0.15, -0.1) is 0 Å². The molecule has 1 N–H and O–H groups in total. The molecule has 4 nitrogen and oxygen atoms in total. The highest BCUT2D eigenvalue weighted by molar-refractivity contribution is 5.66. The largest absolute Gasteiger partial charge is 0.481 e. The topological polar surface area (TPSA) is 43.8 Å². The van der Waals surface area contributed by atoms with Crippen molar-refractivity contribution in [2.75, 3.05) is 33.7 Å². The third-order valence-corrected chi connectivity index (χ3v) is 2.31. The Labute approximate surface area is 72.8 Å². The summed E-state index contributed by atoms with van der Waals surface area (Å²) in [6.07, 6.45) is 0.264. The average molecular weight is 172 g/mol. The molecule has 0 radical (unpaired) electrons. The van der Waals surface area contributed by atoms with Crippen LogP contribution in [0.1, 0.15) is 6.42 Å². The third-order valence-electron chi connectivity index (χ3n) is 2.31. The van der Waals surface area contributed by atoms with Gasteiger partial charge < -0.3 is 10.0 Å². The van der Waals surface area contributed by atoms with Gasteiger partial charge in [0.05, 0.1) is 6.42 Å². The maximum absolute atomic E-state index is 10.2. The number of carboxylic acids is 1.